The van der Waals surface area contributed by atoms with E-state index in [9.17, 15) is 8.78 Å². The van der Waals surface area contributed by atoms with E-state index in [0.29, 0.717) is 16.5 Å². The summed E-state index contributed by atoms with van der Waals surface area (Å²) in [5.41, 5.74) is 1.41. The Balaban J connectivity index is 1.85. The van der Waals surface area contributed by atoms with Gasteiger partial charge in [0.2, 0.25) is 0 Å². The van der Waals surface area contributed by atoms with Crippen molar-refractivity contribution in [1.82, 2.24) is 14.8 Å². The van der Waals surface area contributed by atoms with Gasteiger partial charge in [-0.05, 0) is 36.8 Å². The fraction of sp³-hybridized carbons (Fsp3) is 0.176. The van der Waals surface area contributed by atoms with E-state index >= 15 is 0 Å². The Bertz CT molecular complexity index is 815. The molecule has 0 saturated carbocycles. The average Bonchev–Trinajstić information content (AvgIpc) is 2.89. The molecule has 0 saturated heterocycles. The van der Waals surface area contributed by atoms with Crippen molar-refractivity contribution in [3.8, 4) is 11.4 Å². The predicted octanol–water partition coefficient (Wildman–Crippen LogP) is 4.61. The van der Waals surface area contributed by atoms with E-state index < -0.39 is 0 Å². The number of aromatic nitrogens is 3. The zero-order chi connectivity index (χ0) is 16.4. The average molecular weight is 331 g/mol. The molecule has 23 heavy (non-hydrogen) atoms. The van der Waals surface area contributed by atoms with Gasteiger partial charge in [-0.2, -0.15) is 0 Å². The molecule has 2 aromatic carbocycles. The summed E-state index contributed by atoms with van der Waals surface area (Å²) in [4.78, 5) is 0. The summed E-state index contributed by atoms with van der Waals surface area (Å²) in [5.74, 6) is -0.102. The van der Waals surface area contributed by atoms with E-state index in [1.807, 2.05) is 14.0 Å². The Morgan fingerprint density at radius 3 is 2.39 bits per heavy atom. The third-order valence-electron chi connectivity index (χ3n) is 3.57. The van der Waals surface area contributed by atoms with Crippen molar-refractivity contribution in [2.45, 2.75) is 17.3 Å². The maximum atomic E-state index is 13.9. The highest BCUT2D eigenvalue weighted by molar-refractivity contribution is 7.99. The number of hydrogen-bond acceptors (Lipinski definition) is 3. The van der Waals surface area contributed by atoms with Gasteiger partial charge in [0.1, 0.15) is 11.6 Å². The highest BCUT2D eigenvalue weighted by atomic mass is 32.2. The van der Waals surface area contributed by atoms with Crippen LogP contribution in [0, 0.1) is 11.6 Å². The molecule has 0 bridgehead atoms. The smallest absolute Gasteiger partial charge is 0.191 e. The molecule has 6 heteroatoms. The van der Waals surface area contributed by atoms with Gasteiger partial charge >= 0.3 is 0 Å². The Morgan fingerprint density at radius 2 is 1.70 bits per heavy atom. The summed E-state index contributed by atoms with van der Waals surface area (Å²) in [6, 6.07) is 12.9. The van der Waals surface area contributed by atoms with Crippen LogP contribution in [0.2, 0.25) is 0 Å². The maximum absolute atomic E-state index is 13.9. The molecule has 0 aliphatic rings. The van der Waals surface area contributed by atoms with Crippen molar-refractivity contribution in [1.29, 1.82) is 0 Å². The summed E-state index contributed by atoms with van der Waals surface area (Å²) in [5, 5.41) is 9.01. The molecule has 0 aliphatic carbocycles. The van der Waals surface area contributed by atoms with E-state index in [1.165, 1.54) is 30.0 Å². The second-order valence-electron chi connectivity index (χ2n) is 5.16. The van der Waals surface area contributed by atoms with Crippen LogP contribution in [0.25, 0.3) is 11.4 Å². The first-order chi connectivity index (χ1) is 11.1. The topological polar surface area (TPSA) is 30.7 Å². The van der Waals surface area contributed by atoms with Gasteiger partial charge in [-0.1, -0.05) is 36.0 Å². The molecule has 0 radical (unpaired) electrons. The first kappa shape index (κ1) is 15.7. The van der Waals surface area contributed by atoms with Crippen LogP contribution in [0.15, 0.2) is 53.7 Å². The molecule has 0 spiro atoms. The summed E-state index contributed by atoms with van der Waals surface area (Å²) in [6.07, 6.45) is 0. The van der Waals surface area contributed by atoms with Crippen LogP contribution in [-0.4, -0.2) is 14.8 Å². The van der Waals surface area contributed by atoms with E-state index in [-0.39, 0.29) is 16.9 Å². The standard InChI is InChI=1S/C17H15F2N3S/c1-11(12-7-9-13(18)10-8-12)23-17-21-20-16(22(17)2)14-5-3-4-6-15(14)19/h3-11H,1-2H3. The number of hydrogen-bond donors (Lipinski definition) is 0. The van der Waals surface area contributed by atoms with E-state index in [0.717, 1.165) is 5.56 Å². The number of halogens is 2. The molecule has 118 valence electrons. The van der Waals surface area contributed by atoms with Crippen molar-refractivity contribution >= 4 is 11.8 Å². The molecule has 3 aromatic rings. The van der Waals surface area contributed by atoms with Crippen molar-refractivity contribution in [3.63, 3.8) is 0 Å². The molecule has 1 aromatic heterocycles. The third kappa shape index (κ3) is 3.27. The largest absolute Gasteiger partial charge is 0.305 e. The Morgan fingerprint density at radius 1 is 1.00 bits per heavy atom. The van der Waals surface area contributed by atoms with Gasteiger partial charge in [0.05, 0.1) is 5.56 Å². The van der Waals surface area contributed by atoms with Crippen molar-refractivity contribution in [2.75, 3.05) is 0 Å². The molecular formula is C17H15F2N3S. The van der Waals surface area contributed by atoms with Crippen LogP contribution in [0.3, 0.4) is 0 Å². The molecule has 1 unspecified atom stereocenters. The highest BCUT2D eigenvalue weighted by Gasteiger charge is 2.17. The normalized spacial score (nSPS) is 12.3. The SMILES string of the molecule is CC(Sc1nnc(-c2ccccc2F)n1C)c1ccc(F)cc1. The van der Waals surface area contributed by atoms with Crippen molar-refractivity contribution in [3.05, 3.63) is 65.7 Å². The van der Waals surface area contributed by atoms with Gasteiger partial charge in [0.25, 0.3) is 0 Å². The number of thioether (sulfide) groups is 1. The Hall–Kier alpha value is -2.21. The van der Waals surface area contributed by atoms with Crippen LogP contribution in [0.1, 0.15) is 17.7 Å². The van der Waals surface area contributed by atoms with E-state index in [1.54, 1.807) is 34.9 Å². The summed E-state index contributed by atoms with van der Waals surface area (Å²) in [7, 11) is 1.81. The first-order valence-corrected chi connectivity index (χ1v) is 8.00. The van der Waals surface area contributed by atoms with E-state index in [4.69, 9.17) is 0 Å². The molecule has 0 fully saturated rings. The lowest BCUT2D eigenvalue weighted by Gasteiger charge is -2.11. The van der Waals surface area contributed by atoms with Crippen molar-refractivity contribution in [2.24, 2.45) is 7.05 Å². The van der Waals surface area contributed by atoms with Gasteiger partial charge in [0.15, 0.2) is 11.0 Å². The van der Waals surface area contributed by atoms with Gasteiger partial charge in [-0.25, -0.2) is 8.78 Å². The highest BCUT2D eigenvalue weighted by Crippen LogP contribution is 2.35. The minimum absolute atomic E-state index is 0.0759. The molecule has 0 amide bonds. The van der Waals surface area contributed by atoms with Crippen LogP contribution in [0.5, 0.6) is 0 Å². The van der Waals surface area contributed by atoms with Crippen LogP contribution < -0.4 is 0 Å². The second kappa shape index (κ2) is 6.50. The molecule has 0 N–H and O–H groups in total. The van der Waals surface area contributed by atoms with Crippen LogP contribution in [0.4, 0.5) is 8.78 Å². The second-order valence-corrected chi connectivity index (χ2v) is 6.46. The zero-order valence-electron chi connectivity index (χ0n) is 12.7. The predicted molar refractivity (Wildman–Crippen MR) is 87.1 cm³/mol. The van der Waals surface area contributed by atoms with Crippen molar-refractivity contribution < 1.29 is 8.78 Å². The van der Waals surface area contributed by atoms with Gasteiger partial charge in [-0.3, -0.25) is 0 Å². The lowest BCUT2D eigenvalue weighted by Crippen LogP contribution is -1.98. The molecule has 3 nitrogen and oxygen atoms in total. The quantitative estimate of drug-likeness (QED) is 0.654. The minimum Gasteiger partial charge on any atom is -0.305 e. The molecular weight excluding hydrogens is 316 g/mol. The molecule has 1 atom stereocenters. The molecule has 1 heterocycles. The Kier molecular flexibility index (Phi) is 4.43. The fourth-order valence-corrected chi connectivity index (χ4v) is 3.20. The number of rotatable bonds is 4. The number of nitrogens with zero attached hydrogens (tertiary/aromatic N) is 3. The minimum atomic E-state index is -0.328. The van der Waals surface area contributed by atoms with Crippen LogP contribution >= 0.6 is 11.8 Å². The summed E-state index contributed by atoms with van der Waals surface area (Å²) in [6.45, 7) is 2.01. The van der Waals surface area contributed by atoms with Gasteiger partial charge in [0, 0.05) is 12.3 Å². The monoisotopic (exact) mass is 331 g/mol. The third-order valence-corrected chi connectivity index (χ3v) is 4.76. The first-order valence-electron chi connectivity index (χ1n) is 7.12. The van der Waals surface area contributed by atoms with E-state index in [2.05, 4.69) is 10.2 Å². The summed E-state index contributed by atoms with van der Waals surface area (Å²) >= 11 is 1.49. The molecule has 3 rings (SSSR count). The lowest BCUT2D eigenvalue weighted by molar-refractivity contribution is 0.627. The summed E-state index contributed by atoms with van der Waals surface area (Å²) < 4.78 is 28.7. The zero-order valence-corrected chi connectivity index (χ0v) is 13.5. The Labute approximate surface area is 137 Å². The number of benzene rings is 2. The van der Waals surface area contributed by atoms with Crippen LogP contribution in [-0.2, 0) is 7.05 Å². The van der Waals surface area contributed by atoms with Gasteiger partial charge < -0.3 is 4.57 Å². The maximum Gasteiger partial charge on any atom is 0.191 e. The molecule has 0 aliphatic heterocycles. The lowest BCUT2D eigenvalue weighted by atomic mass is 10.2. The fourth-order valence-electron chi connectivity index (χ4n) is 2.25. The van der Waals surface area contributed by atoms with Gasteiger partial charge in [-0.15, -0.1) is 10.2 Å².